The first-order valence-corrected chi connectivity index (χ1v) is 4.63. The molecule has 0 amide bonds. The van der Waals surface area contributed by atoms with Crippen molar-refractivity contribution in [3.63, 3.8) is 0 Å². The van der Waals surface area contributed by atoms with Gasteiger partial charge in [0.05, 0.1) is 0 Å². The van der Waals surface area contributed by atoms with Gasteiger partial charge in [-0.1, -0.05) is 0 Å². The quantitative estimate of drug-likeness (QED) is 0.756. The summed E-state index contributed by atoms with van der Waals surface area (Å²) in [6, 6.07) is 4.74. The number of halogens is 2. The molecule has 0 bridgehead atoms. The molecule has 1 aromatic rings. The van der Waals surface area contributed by atoms with E-state index in [-0.39, 0.29) is 11.5 Å². The van der Waals surface area contributed by atoms with E-state index in [0.717, 1.165) is 12.2 Å². The van der Waals surface area contributed by atoms with Crippen molar-refractivity contribution in [3.05, 3.63) is 18.2 Å². The van der Waals surface area contributed by atoms with Crippen LogP contribution in [-0.2, 0) is 0 Å². The van der Waals surface area contributed by atoms with Crippen molar-refractivity contribution in [2.24, 2.45) is 0 Å². The lowest BCUT2D eigenvalue weighted by molar-refractivity contribution is -0.286. The molecular weight excluding hydrogens is 204 g/mol. The molecule has 1 heterocycles. The minimum atomic E-state index is -3.54. The van der Waals surface area contributed by atoms with E-state index in [9.17, 15) is 8.78 Å². The molecule has 1 aliphatic heterocycles. The summed E-state index contributed by atoms with van der Waals surface area (Å²) in [5, 5.41) is 0. The predicted octanol–water partition coefficient (Wildman–Crippen LogP) is 2.46. The van der Waals surface area contributed by atoms with Crippen molar-refractivity contribution in [1.29, 1.82) is 0 Å². The smallest absolute Gasteiger partial charge is 0.395 e. The van der Waals surface area contributed by atoms with E-state index >= 15 is 0 Å². The maximum atomic E-state index is 12.7. The Morgan fingerprint density at radius 3 is 2.60 bits per heavy atom. The normalized spacial score (nSPS) is 16.5. The third-order valence-corrected chi connectivity index (χ3v) is 2.30. The number of alkyl halides is 2. The lowest BCUT2D eigenvalue weighted by Crippen LogP contribution is -2.25. The number of hydrogen-bond donors (Lipinski definition) is 0. The Morgan fingerprint density at radius 1 is 1.27 bits per heavy atom. The van der Waals surface area contributed by atoms with E-state index in [0.29, 0.717) is 0 Å². The molecule has 0 fully saturated rings. The molecule has 0 aromatic heterocycles. The molecular formula is C10H11F2NO2. The van der Waals surface area contributed by atoms with Gasteiger partial charge in [-0.25, -0.2) is 0 Å². The van der Waals surface area contributed by atoms with Crippen LogP contribution in [0.1, 0.15) is 6.92 Å². The summed E-state index contributed by atoms with van der Waals surface area (Å²) >= 11 is 0. The maximum Gasteiger partial charge on any atom is 0.586 e. The van der Waals surface area contributed by atoms with Gasteiger partial charge in [0.25, 0.3) is 0 Å². The van der Waals surface area contributed by atoms with Crippen molar-refractivity contribution >= 4 is 5.69 Å². The Bertz CT molecular complexity index is 382. The molecule has 82 valence electrons. The third kappa shape index (κ3) is 1.82. The number of anilines is 1. The fourth-order valence-corrected chi connectivity index (χ4v) is 1.36. The summed E-state index contributed by atoms with van der Waals surface area (Å²) in [5.74, 6) is 0.158. The monoisotopic (exact) mass is 215 g/mol. The number of fused-ring (bicyclic) bond motifs is 1. The fraction of sp³-hybridized carbons (Fsp3) is 0.400. The highest BCUT2D eigenvalue weighted by Gasteiger charge is 2.43. The van der Waals surface area contributed by atoms with Crippen LogP contribution >= 0.6 is 0 Å². The van der Waals surface area contributed by atoms with Crippen LogP contribution in [0.15, 0.2) is 18.2 Å². The van der Waals surface area contributed by atoms with Crippen LogP contribution in [0.2, 0.25) is 0 Å². The van der Waals surface area contributed by atoms with E-state index < -0.39 is 6.29 Å². The average molecular weight is 215 g/mol. The number of benzene rings is 1. The molecule has 1 aliphatic rings. The highest BCUT2D eigenvalue weighted by atomic mass is 19.3. The molecule has 0 N–H and O–H groups in total. The molecule has 0 aliphatic carbocycles. The van der Waals surface area contributed by atoms with E-state index in [1.807, 2.05) is 18.9 Å². The largest absolute Gasteiger partial charge is 0.586 e. The summed E-state index contributed by atoms with van der Waals surface area (Å²) < 4.78 is 34.0. The topological polar surface area (TPSA) is 21.7 Å². The predicted molar refractivity (Wildman–Crippen MR) is 51.6 cm³/mol. The molecule has 5 heteroatoms. The van der Waals surface area contributed by atoms with Gasteiger partial charge in [-0.2, -0.15) is 0 Å². The van der Waals surface area contributed by atoms with E-state index in [4.69, 9.17) is 0 Å². The molecule has 0 saturated heterocycles. The van der Waals surface area contributed by atoms with Crippen LogP contribution in [0.5, 0.6) is 11.5 Å². The van der Waals surface area contributed by atoms with Gasteiger partial charge in [-0.15, -0.1) is 8.78 Å². The van der Waals surface area contributed by atoms with Gasteiger partial charge in [-0.05, 0) is 19.1 Å². The molecule has 3 nitrogen and oxygen atoms in total. The van der Waals surface area contributed by atoms with Gasteiger partial charge >= 0.3 is 6.29 Å². The number of ether oxygens (including phenoxy) is 2. The van der Waals surface area contributed by atoms with Crippen LogP contribution in [-0.4, -0.2) is 19.9 Å². The van der Waals surface area contributed by atoms with Gasteiger partial charge in [0, 0.05) is 25.3 Å². The molecule has 0 spiro atoms. The van der Waals surface area contributed by atoms with Gasteiger partial charge in [0.2, 0.25) is 0 Å². The van der Waals surface area contributed by atoms with Crippen LogP contribution in [0, 0.1) is 0 Å². The van der Waals surface area contributed by atoms with E-state index in [1.165, 1.54) is 6.07 Å². The molecule has 15 heavy (non-hydrogen) atoms. The maximum absolute atomic E-state index is 12.7. The van der Waals surface area contributed by atoms with Gasteiger partial charge < -0.3 is 14.4 Å². The second kappa shape index (κ2) is 3.25. The lowest BCUT2D eigenvalue weighted by Gasteiger charge is -2.16. The van der Waals surface area contributed by atoms with Gasteiger partial charge in [-0.3, -0.25) is 0 Å². The first-order valence-electron chi connectivity index (χ1n) is 4.63. The average Bonchev–Trinajstić information content (AvgIpc) is 2.49. The zero-order chi connectivity index (χ0) is 11.1. The number of rotatable bonds is 2. The standard InChI is InChI=1S/C10H11F2NO2/c1-3-13(2)7-4-5-8-9(6-7)15-10(11,12)14-8/h4-6H,3H2,1-2H3. The molecule has 0 radical (unpaired) electrons. The summed E-state index contributed by atoms with van der Waals surface area (Å²) in [5.41, 5.74) is 0.817. The van der Waals surface area contributed by atoms with Crippen LogP contribution in [0.25, 0.3) is 0 Å². The number of hydrogen-bond acceptors (Lipinski definition) is 3. The second-order valence-electron chi connectivity index (χ2n) is 3.31. The highest BCUT2D eigenvalue weighted by Crippen LogP contribution is 2.42. The Morgan fingerprint density at radius 2 is 1.93 bits per heavy atom. The fourth-order valence-electron chi connectivity index (χ4n) is 1.36. The Labute approximate surface area is 86.2 Å². The van der Waals surface area contributed by atoms with Crippen molar-refractivity contribution in [2.45, 2.75) is 13.2 Å². The van der Waals surface area contributed by atoms with Gasteiger partial charge in [0.15, 0.2) is 11.5 Å². The summed E-state index contributed by atoms with van der Waals surface area (Å²) in [6.07, 6.45) is -3.54. The van der Waals surface area contributed by atoms with Crippen LogP contribution < -0.4 is 14.4 Å². The SMILES string of the molecule is CCN(C)c1ccc2c(c1)OC(F)(F)O2. The van der Waals surface area contributed by atoms with E-state index in [1.54, 1.807) is 12.1 Å². The lowest BCUT2D eigenvalue weighted by atomic mass is 10.2. The third-order valence-electron chi connectivity index (χ3n) is 2.30. The highest BCUT2D eigenvalue weighted by molar-refractivity contribution is 5.57. The zero-order valence-corrected chi connectivity index (χ0v) is 8.46. The first kappa shape index (κ1) is 10.0. The van der Waals surface area contributed by atoms with Gasteiger partial charge in [0.1, 0.15) is 0 Å². The van der Waals surface area contributed by atoms with Crippen molar-refractivity contribution < 1.29 is 18.3 Å². The summed E-state index contributed by atoms with van der Waals surface area (Å²) in [7, 11) is 1.87. The Hall–Kier alpha value is -1.52. The molecule has 1 aromatic carbocycles. The van der Waals surface area contributed by atoms with E-state index in [2.05, 4.69) is 9.47 Å². The molecule has 0 atom stereocenters. The Kier molecular flexibility index (Phi) is 2.17. The molecule has 0 saturated carbocycles. The van der Waals surface area contributed by atoms with Crippen LogP contribution in [0.3, 0.4) is 0 Å². The first-order chi connectivity index (χ1) is 7.02. The second-order valence-corrected chi connectivity index (χ2v) is 3.31. The Balaban J connectivity index is 2.30. The minimum Gasteiger partial charge on any atom is -0.395 e. The molecule has 0 unspecified atom stereocenters. The molecule has 2 rings (SSSR count). The minimum absolute atomic E-state index is 0.0771. The summed E-state index contributed by atoms with van der Waals surface area (Å²) in [6.45, 7) is 2.76. The summed E-state index contributed by atoms with van der Waals surface area (Å²) in [4.78, 5) is 1.92. The zero-order valence-electron chi connectivity index (χ0n) is 8.46. The van der Waals surface area contributed by atoms with Crippen molar-refractivity contribution in [3.8, 4) is 11.5 Å². The van der Waals surface area contributed by atoms with Crippen LogP contribution in [0.4, 0.5) is 14.5 Å². The van der Waals surface area contributed by atoms with Crippen molar-refractivity contribution in [2.75, 3.05) is 18.5 Å². The number of nitrogens with zero attached hydrogens (tertiary/aromatic N) is 1. The van der Waals surface area contributed by atoms with Crippen molar-refractivity contribution in [1.82, 2.24) is 0 Å².